The molecule has 1 amide bonds. The highest BCUT2D eigenvalue weighted by Crippen LogP contribution is 2.55. The molecular formula is C16H21NO3. The van der Waals surface area contributed by atoms with Gasteiger partial charge in [0.2, 0.25) is 5.91 Å². The second-order valence-corrected chi connectivity index (χ2v) is 5.94. The van der Waals surface area contributed by atoms with Gasteiger partial charge in [0.25, 0.3) is 0 Å². The van der Waals surface area contributed by atoms with Gasteiger partial charge in [0.15, 0.2) is 0 Å². The number of carbonyl (C=O) groups is 2. The van der Waals surface area contributed by atoms with Crippen LogP contribution in [0.4, 0.5) is 5.69 Å². The topological polar surface area (TPSA) is 66.4 Å². The van der Waals surface area contributed by atoms with Crippen LogP contribution in [-0.2, 0) is 9.59 Å². The Bertz CT molecular complexity index is 540. The van der Waals surface area contributed by atoms with Gasteiger partial charge in [-0.1, -0.05) is 26.0 Å². The summed E-state index contributed by atoms with van der Waals surface area (Å²) < 4.78 is 0. The van der Waals surface area contributed by atoms with Gasteiger partial charge in [-0.15, -0.1) is 0 Å². The maximum atomic E-state index is 12.1. The Hall–Kier alpha value is -1.84. The third-order valence-corrected chi connectivity index (χ3v) is 4.50. The number of nitrogens with one attached hydrogen (secondary N) is 1. The third kappa shape index (κ3) is 2.84. The molecule has 1 saturated carbocycles. The molecule has 1 aromatic rings. The van der Waals surface area contributed by atoms with Crippen LogP contribution in [0.25, 0.3) is 0 Å². The number of hydrogen-bond donors (Lipinski definition) is 2. The fourth-order valence-corrected chi connectivity index (χ4v) is 2.47. The summed E-state index contributed by atoms with van der Waals surface area (Å²) in [5, 5.41) is 11.9. The maximum Gasteiger partial charge on any atom is 0.310 e. The van der Waals surface area contributed by atoms with E-state index in [1.807, 2.05) is 0 Å². The minimum atomic E-state index is -0.866. The van der Waals surface area contributed by atoms with Crippen LogP contribution in [-0.4, -0.2) is 17.0 Å². The van der Waals surface area contributed by atoms with Gasteiger partial charge in [-0.25, -0.2) is 0 Å². The molecule has 0 heterocycles. The van der Waals surface area contributed by atoms with Gasteiger partial charge in [0, 0.05) is 11.6 Å². The van der Waals surface area contributed by atoms with Crippen LogP contribution in [0.2, 0.25) is 0 Å². The number of rotatable bonds is 5. The molecule has 4 heteroatoms. The van der Waals surface area contributed by atoms with Crippen molar-refractivity contribution in [1.29, 1.82) is 0 Å². The van der Waals surface area contributed by atoms with Crippen molar-refractivity contribution in [3.8, 4) is 0 Å². The van der Waals surface area contributed by atoms with Crippen molar-refractivity contribution in [3.63, 3.8) is 0 Å². The van der Waals surface area contributed by atoms with Crippen LogP contribution in [0, 0.1) is 11.3 Å². The predicted octanol–water partition coefficient (Wildman–Crippen LogP) is 3.25. The van der Waals surface area contributed by atoms with Crippen LogP contribution in [0.3, 0.4) is 0 Å². The van der Waals surface area contributed by atoms with Crippen molar-refractivity contribution >= 4 is 17.6 Å². The van der Waals surface area contributed by atoms with E-state index in [9.17, 15) is 9.59 Å². The van der Waals surface area contributed by atoms with Gasteiger partial charge >= 0.3 is 5.97 Å². The standard InChI is InChI=1S/C16H21NO3/c1-4-16(3)9-13(16)14(18)17-12-7-5-6-11(8-12)10(2)15(19)20/h5-8,10,13H,4,9H2,1-3H3,(H,17,18)(H,19,20). The van der Waals surface area contributed by atoms with E-state index in [-0.39, 0.29) is 17.2 Å². The zero-order valence-electron chi connectivity index (χ0n) is 12.1. The lowest BCUT2D eigenvalue weighted by molar-refractivity contribution is -0.138. The van der Waals surface area contributed by atoms with Crippen molar-refractivity contribution < 1.29 is 14.7 Å². The van der Waals surface area contributed by atoms with Crippen molar-refractivity contribution in [3.05, 3.63) is 29.8 Å². The van der Waals surface area contributed by atoms with Crippen molar-refractivity contribution in [2.24, 2.45) is 11.3 Å². The Labute approximate surface area is 119 Å². The van der Waals surface area contributed by atoms with Crippen LogP contribution in [0.1, 0.15) is 45.1 Å². The summed E-state index contributed by atoms with van der Waals surface area (Å²) in [6, 6.07) is 7.07. The molecule has 0 aromatic heterocycles. The quantitative estimate of drug-likeness (QED) is 0.866. The molecule has 1 aliphatic carbocycles. The van der Waals surface area contributed by atoms with Gasteiger partial charge in [0.1, 0.15) is 0 Å². The second-order valence-electron chi connectivity index (χ2n) is 5.94. The Morgan fingerprint density at radius 3 is 2.75 bits per heavy atom. The maximum absolute atomic E-state index is 12.1. The first-order valence-corrected chi connectivity index (χ1v) is 7.01. The number of carboxylic acids is 1. The summed E-state index contributed by atoms with van der Waals surface area (Å²) in [7, 11) is 0. The summed E-state index contributed by atoms with van der Waals surface area (Å²) in [4.78, 5) is 23.1. The lowest BCUT2D eigenvalue weighted by Gasteiger charge is -2.11. The summed E-state index contributed by atoms with van der Waals surface area (Å²) in [6.07, 6.45) is 1.93. The van der Waals surface area contributed by atoms with Crippen LogP contribution >= 0.6 is 0 Å². The van der Waals surface area contributed by atoms with E-state index in [2.05, 4.69) is 19.2 Å². The molecule has 0 saturated heterocycles. The molecule has 108 valence electrons. The average molecular weight is 275 g/mol. The van der Waals surface area contributed by atoms with Gasteiger partial charge in [-0.05, 0) is 42.9 Å². The number of carboxylic acid groups (broad SMARTS) is 1. The average Bonchev–Trinajstić information content (AvgIpc) is 3.11. The fourth-order valence-electron chi connectivity index (χ4n) is 2.47. The molecule has 4 nitrogen and oxygen atoms in total. The van der Waals surface area contributed by atoms with Gasteiger partial charge < -0.3 is 10.4 Å². The molecule has 1 aliphatic rings. The largest absolute Gasteiger partial charge is 0.481 e. The Morgan fingerprint density at radius 1 is 1.50 bits per heavy atom. The first-order chi connectivity index (χ1) is 9.37. The number of amides is 1. The molecule has 1 aromatic carbocycles. The normalized spacial score (nSPS) is 25.9. The first-order valence-electron chi connectivity index (χ1n) is 7.01. The molecule has 2 rings (SSSR count). The minimum Gasteiger partial charge on any atom is -0.481 e. The molecule has 0 bridgehead atoms. The number of carbonyl (C=O) groups excluding carboxylic acids is 1. The van der Waals surface area contributed by atoms with Crippen molar-refractivity contribution in [2.75, 3.05) is 5.32 Å². The number of aliphatic carboxylic acids is 1. The van der Waals surface area contributed by atoms with Crippen LogP contribution in [0.5, 0.6) is 0 Å². The highest BCUT2D eigenvalue weighted by molar-refractivity contribution is 5.95. The first kappa shape index (κ1) is 14.6. The molecule has 3 atom stereocenters. The highest BCUT2D eigenvalue weighted by atomic mass is 16.4. The summed E-state index contributed by atoms with van der Waals surface area (Å²) >= 11 is 0. The van der Waals surface area contributed by atoms with E-state index in [1.54, 1.807) is 31.2 Å². The summed E-state index contributed by atoms with van der Waals surface area (Å²) in [6.45, 7) is 5.86. The van der Waals surface area contributed by atoms with Gasteiger partial charge in [-0.2, -0.15) is 0 Å². The second kappa shape index (κ2) is 5.27. The number of hydrogen-bond acceptors (Lipinski definition) is 2. The predicted molar refractivity (Wildman–Crippen MR) is 77.6 cm³/mol. The Balaban J connectivity index is 2.06. The van der Waals surface area contributed by atoms with Crippen LogP contribution < -0.4 is 5.32 Å². The summed E-state index contributed by atoms with van der Waals surface area (Å²) in [5.74, 6) is -1.33. The van der Waals surface area contributed by atoms with Crippen molar-refractivity contribution in [2.45, 2.75) is 39.5 Å². The van der Waals surface area contributed by atoms with E-state index < -0.39 is 11.9 Å². The van der Waals surface area contributed by atoms with Crippen molar-refractivity contribution in [1.82, 2.24) is 0 Å². The molecule has 0 aliphatic heterocycles. The third-order valence-electron chi connectivity index (χ3n) is 4.50. The lowest BCUT2D eigenvalue weighted by atomic mass is 10.0. The zero-order chi connectivity index (χ0) is 14.9. The number of benzene rings is 1. The molecule has 0 spiro atoms. The Morgan fingerprint density at radius 2 is 2.20 bits per heavy atom. The molecule has 3 unspecified atom stereocenters. The van der Waals surface area contributed by atoms with E-state index in [0.717, 1.165) is 12.8 Å². The van der Waals surface area contributed by atoms with E-state index in [4.69, 9.17) is 5.11 Å². The lowest BCUT2D eigenvalue weighted by Crippen LogP contribution is -2.17. The zero-order valence-corrected chi connectivity index (χ0v) is 12.1. The van der Waals surface area contributed by atoms with Gasteiger partial charge in [0.05, 0.1) is 5.92 Å². The smallest absolute Gasteiger partial charge is 0.310 e. The molecule has 20 heavy (non-hydrogen) atoms. The number of anilines is 1. The molecule has 1 fully saturated rings. The van der Waals surface area contributed by atoms with Crippen LogP contribution in [0.15, 0.2) is 24.3 Å². The molecular weight excluding hydrogens is 254 g/mol. The van der Waals surface area contributed by atoms with E-state index in [1.165, 1.54) is 0 Å². The molecule has 0 radical (unpaired) electrons. The fraction of sp³-hybridized carbons (Fsp3) is 0.500. The highest BCUT2D eigenvalue weighted by Gasteiger charge is 2.52. The monoisotopic (exact) mass is 275 g/mol. The van der Waals surface area contributed by atoms with E-state index in [0.29, 0.717) is 11.3 Å². The Kier molecular flexibility index (Phi) is 3.84. The molecule has 2 N–H and O–H groups in total. The SMILES string of the molecule is CCC1(C)CC1C(=O)Nc1cccc(C(C)C(=O)O)c1. The summed E-state index contributed by atoms with van der Waals surface area (Å²) in [5.41, 5.74) is 1.51. The minimum absolute atomic E-state index is 0.0366. The van der Waals surface area contributed by atoms with E-state index >= 15 is 0 Å². The van der Waals surface area contributed by atoms with Gasteiger partial charge in [-0.3, -0.25) is 9.59 Å².